The molecule has 4 heteroatoms. The van der Waals surface area contributed by atoms with Crippen LogP contribution in [0.3, 0.4) is 0 Å². The largest absolute Gasteiger partial charge is 0.419 e. The van der Waals surface area contributed by atoms with Crippen LogP contribution in [-0.2, 0) is 7.05 Å². The van der Waals surface area contributed by atoms with Crippen LogP contribution in [0.2, 0.25) is 0 Å². The standard InChI is InChI=1S/C12H14N2O2/c1-13-10-8-9(14-6-2-3-7-14)4-5-11(10)16-12(13)15/h4-5,8H,2-3,6-7H2,1H3. The molecule has 16 heavy (non-hydrogen) atoms. The molecule has 0 amide bonds. The number of aromatic nitrogens is 1. The summed E-state index contributed by atoms with van der Waals surface area (Å²) in [5, 5.41) is 0. The molecular formula is C12H14N2O2. The minimum atomic E-state index is -0.298. The predicted molar refractivity (Wildman–Crippen MR) is 62.9 cm³/mol. The molecule has 1 saturated heterocycles. The van der Waals surface area contributed by atoms with Gasteiger partial charge in [-0.25, -0.2) is 4.79 Å². The summed E-state index contributed by atoms with van der Waals surface area (Å²) in [4.78, 5) is 13.7. The normalized spacial score (nSPS) is 16.2. The quantitative estimate of drug-likeness (QED) is 0.731. The highest BCUT2D eigenvalue weighted by atomic mass is 16.4. The Morgan fingerprint density at radius 3 is 2.75 bits per heavy atom. The van der Waals surface area contributed by atoms with E-state index in [4.69, 9.17) is 4.42 Å². The zero-order chi connectivity index (χ0) is 11.1. The second-order valence-electron chi connectivity index (χ2n) is 4.27. The number of oxazole rings is 1. The highest BCUT2D eigenvalue weighted by molar-refractivity contribution is 5.78. The van der Waals surface area contributed by atoms with E-state index in [-0.39, 0.29) is 5.76 Å². The molecule has 1 aliphatic rings. The van der Waals surface area contributed by atoms with E-state index in [1.165, 1.54) is 18.5 Å². The van der Waals surface area contributed by atoms with E-state index < -0.39 is 0 Å². The van der Waals surface area contributed by atoms with E-state index in [9.17, 15) is 4.79 Å². The molecule has 2 heterocycles. The fraction of sp³-hybridized carbons (Fsp3) is 0.417. The van der Waals surface area contributed by atoms with Gasteiger partial charge in [0.25, 0.3) is 0 Å². The molecule has 0 spiro atoms. The van der Waals surface area contributed by atoms with Gasteiger partial charge in [0, 0.05) is 25.8 Å². The van der Waals surface area contributed by atoms with Gasteiger partial charge >= 0.3 is 5.76 Å². The molecule has 0 unspecified atom stereocenters. The van der Waals surface area contributed by atoms with Crippen LogP contribution in [0.15, 0.2) is 27.4 Å². The number of rotatable bonds is 1. The molecule has 1 fully saturated rings. The van der Waals surface area contributed by atoms with Crippen LogP contribution in [-0.4, -0.2) is 17.7 Å². The van der Waals surface area contributed by atoms with Gasteiger partial charge in [0.1, 0.15) is 0 Å². The number of aryl methyl sites for hydroxylation is 1. The zero-order valence-corrected chi connectivity index (χ0v) is 9.27. The number of hydrogen-bond donors (Lipinski definition) is 0. The summed E-state index contributed by atoms with van der Waals surface area (Å²) >= 11 is 0. The molecule has 0 N–H and O–H groups in total. The van der Waals surface area contributed by atoms with Crippen LogP contribution in [0.1, 0.15) is 12.8 Å². The van der Waals surface area contributed by atoms with E-state index in [1.54, 1.807) is 11.6 Å². The van der Waals surface area contributed by atoms with E-state index in [0.717, 1.165) is 18.6 Å². The van der Waals surface area contributed by atoms with Crippen LogP contribution in [0.25, 0.3) is 11.1 Å². The highest BCUT2D eigenvalue weighted by Gasteiger charge is 2.14. The van der Waals surface area contributed by atoms with Crippen molar-refractivity contribution in [3.63, 3.8) is 0 Å². The van der Waals surface area contributed by atoms with E-state index in [2.05, 4.69) is 4.90 Å². The molecular weight excluding hydrogens is 204 g/mol. The number of anilines is 1. The minimum absolute atomic E-state index is 0.298. The molecule has 0 aliphatic carbocycles. The maximum absolute atomic E-state index is 11.4. The van der Waals surface area contributed by atoms with Gasteiger partial charge < -0.3 is 9.32 Å². The van der Waals surface area contributed by atoms with Gasteiger partial charge in [0.2, 0.25) is 0 Å². The van der Waals surface area contributed by atoms with Gasteiger partial charge in [-0.2, -0.15) is 0 Å². The lowest BCUT2D eigenvalue weighted by Gasteiger charge is -2.17. The second-order valence-corrected chi connectivity index (χ2v) is 4.27. The lowest BCUT2D eigenvalue weighted by atomic mass is 10.2. The highest BCUT2D eigenvalue weighted by Crippen LogP contribution is 2.24. The van der Waals surface area contributed by atoms with Crippen molar-refractivity contribution in [3.8, 4) is 0 Å². The molecule has 4 nitrogen and oxygen atoms in total. The Hall–Kier alpha value is -1.71. The fourth-order valence-electron chi connectivity index (χ4n) is 2.29. The number of benzene rings is 1. The Labute approximate surface area is 93.1 Å². The van der Waals surface area contributed by atoms with Gasteiger partial charge in [0.15, 0.2) is 5.58 Å². The van der Waals surface area contributed by atoms with Crippen LogP contribution in [0.5, 0.6) is 0 Å². The smallest absolute Gasteiger partial charge is 0.408 e. The van der Waals surface area contributed by atoms with Crippen molar-refractivity contribution in [2.24, 2.45) is 7.05 Å². The minimum Gasteiger partial charge on any atom is -0.408 e. The average Bonchev–Trinajstić information content (AvgIpc) is 2.89. The first-order chi connectivity index (χ1) is 7.75. The monoisotopic (exact) mass is 218 g/mol. The van der Waals surface area contributed by atoms with Crippen LogP contribution >= 0.6 is 0 Å². The summed E-state index contributed by atoms with van der Waals surface area (Å²) in [5.41, 5.74) is 2.71. The Kier molecular flexibility index (Phi) is 2.02. The third kappa shape index (κ3) is 1.33. The first-order valence-electron chi connectivity index (χ1n) is 5.60. The van der Waals surface area contributed by atoms with Crippen LogP contribution in [0.4, 0.5) is 5.69 Å². The first kappa shape index (κ1) is 9.51. The molecule has 84 valence electrons. The Morgan fingerprint density at radius 2 is 2.00 bits per heavy atom. The molecule has 0 radical (unpaired) electrons. The molecule has 3 rings (SSSR count). The zero-order valence-electron chi connectivity index (χ0n) is 9.27. The molecule has 0 saturated carbocycles. The SMILES string of the molecule is Cn1c(=O)oc2ccc(N3CCCC3)cc21. The predicted octanol–water partition coefficient (Wildman–Crippen LogP) is 1.73. The molecule has 1 aromatic carbocycles. The van der Waals surface area contributed by atoms with Gasteiger partial charge in [-0.3, -0.25) is 4.57 Å². The van der Waals surface area contributed by atoms with Gasteiger partial charge in [0.05, 0.1) is 5.52 Å². The summed E-state index contributed by atoms with van der Waals surface area (Å²) in [5.74, 6) is -0.298. The summed E-state index contributed by atoms with van der Waals surface area (Å²) in [6, 6.07) is 5.94. The van der Waals surface area contributed by atoms with Gasteiger partial charge in [-0.05, 0) is 31.0 Å². The van der Waals surface area contributed by atoms with E-state index >= 15 is 0 Å². The number of hydrogen-bond acceptors (Lipinski definition) is 3. The van der Waals surface area contributed by atoms with E-state index in [1.807, 2.05) is 18.2 Å². The lowest BCUT2D eigenvalue weighted by molar-refractivity contribution is 0.528. The van der Waals surface area contributed by atoms with Crippen molar-refractivity contribution in [2.75, 3.05) is 18.0 Å². The van der Waals surface area contributed by atoms with Crippen LogP contribution in [0, 0.1) is 0 Å². The summed E-state index contributed by atoms with van der Waals surface area (Å²) in [6.07, 6.45) is 2.50. The number of fused-ring (bicyclic) bond motifs is 1. The molecule has 0 atom stereocenters. The van der Waals surface area contributed by atoms with Crippen molar-refractivity contribution >= 4 is 16.8 Å². The maximum atomic E-state index is 11.4. The molecule has 1 aromatic heterocycles. The topological polar surface area (TPSA) is 38.4 Å². The second kappa shape index (κ2) is 3.40. The van der Waals surface area contributed by atoms with Crippen molar-refractivity contribution in [3.05, 3.63) is 28.7 Å². The van der Waals surface area contributed by atoms with Crippen molar-refractivity contribution < 1.29 is 4.42 Å². The Bertz CT molecular complexity index is 576. The summed E-state index contributed by atoms with van der Waals surface area (Å²) in [7, 11) is 1.74. The maximum Gasteiger partial charge on any atom is 0.419 e. The van der Waals surface area contributed by atoms with Crippen molar-refractivity contribution in [1.82, 2.24) is 4.57 Å². The Balaban J connectivity index is 2.14. The van der Waals surface area contributed by atoms with Gasteiger partial charge in [-0.15, -0.1) is 0 Å². The first-order valence-corrected chi connectivity index (χ1v) is 5.60. The third-order valence-corrected chi connectivity index (χ3v) is 3.25. The molecule has 1 aliphatic heterocycles. The van der Waals surface area contributed by atoms with Crippen molar-refractivity contribution in [2.45, 2.75) is 12.8 Å². The van der Waals surface area contributed by atoms with Crippen molar-refractivity contribution in [1.29, 1.82) is 0 Å². The molecule has 2 aromatic rings. The summed E-state index contributed by atoms with van der Waals surface area (Å²) < 4.78 is 6.66. The fourth-order valence-corrected chi connectivity index (χ4v) is 2.29. The molecule has 0 bridgehead atoms. The lowest BCUT2D eigenvalue weighted by Crippen LogP contribution is -2.17. The Morgan fingerprint density at radius 1 is 1.25 bits per heavy atom. The van der Waals surface area contributed by atoms with Crippen LogP contribution < -0.4 is 10.7 Å². The van der Waals surface area contributed by atoms with E-state index in [0.29, 0.717) is 5.58 Å². The third-order valence-electron chi connectivity index (χ3n) is 3.25. The average molecular weight is 218 g/mol. The number of nitrogens with zero attached hydrogens (tertiary/aromatic N) is 2. The summed E-state index contributed by atoms with van der Waals surface area (Å²) in [6.45, 7) is 2.22. The van der Waals surface area contributed by atoms with Gasteiger partial charge in [-0.1, -0.05) is 0 Å².